The van der Waals surface area contributed by atoms with E-state index < -0.39 is 0 Å². The van der Waals surface area contributed by atoms with Crippen molar-refractivity contribution in [2.75, 3.05) is 0 Å². The molecule has 0 spiro atoms. The molecule has 2 aromatic heterocycles. The molecule has 0 bridgehead atoms. The number of nitrogens with one attached hydrogen (secondary N) is 1. The minimum absolute atomic E-state index is 0.0116. The topological polar surface area (TPSA) is 80.8 Å². The first kappa shape index (κ1) is 15.0. The lowest BCUT2D eigenvalue weighted by atomic mass is 10.4. The van der Waals surface area contributed by atoms with Gasteiger partial charge in [0, 0.05) is 11.8 Å². The highest BCUT2D eigenvalue weighted by atomic mass is 32.2. The van der Waals surface area contributed by atoms with Gasteiger partial charge in [0.1, 0.15) is 5.82 Å². The van der Waals surface area contributed by atoms with Gasteiger partial charge >= 0.3 is 0 Å². The maximum absolute atomic E-state index is 11.4. The highest BCUT2D eigenvalue weighted by Gasteiger charge is 2.15. The number of thioether (sulfide) groups is 1. The number of ether oxygens (including phenoxy) is 1. The summed E-state index contributed by atoms with van der Waals surface area (Å²) >= 11 is 2.89. The molecule has 0 fully saturated rings. The Balaban J connectivity index is 2.09. The first-order chi connectivity index (χ1) is 9.44. The summed E-state index contributed by atoms with van der Waals surface area (Å²) in [6, 6.07) is 1.47. The van der Waals surface area contributed by atoms with Crippen LogP contribution < -0.4 is 10.3 Å². The predicted octanol–water partition coefficient (Wildman–Crippen LogP) is 2.57. The number of aryl methyl sites for hydroxylation is 1. The van der Waals surface area contributed by atoms with Gasteiger partial charge in [0.15, 0.2) is 4.34 Å². The quantitative estimate of drug-likeness (QED) is 0.855. The number of nitrogens with zero attached hydrogens (tertiary/aromatic N) is 3. The molecular formula is C12H16N4O2S2. The molecule has 6 nitrogen and oxygen atoms in total. The van der Waals surface area contributed by atoms with E-state index >= 15 is 0 Å². The van der Waals surface area contributed by atoms with Crippen molar-refractivity contribution in [2.24, 2.45) is 0 Å². The average molecular weight is 312 g/mol. The van der Waals surface area contributed by atoms with Gasteiger partial charge in [-0.25, -0.2) is 4.98 Å². The van der Waals surface area contributed by atoms with Gasteiger partial charge in [-0.05, 0) is 39.0 Å². The fourth-order valence-electron chi connectivity index (χ4n) is 1.50. The van der Waals surface area contributed by atoms with E-state index in [1.165, 1.54) is 29.2 Å². The maximum Gasteiger partial charge on any atom is 0.295 e. The fourth-order valence-corrected chi connectivity index (χ4v) is 3.50. The van der Waals surface area contributed by atoms with Crippen molar-refractivity contribution in [1.82, 2.24) is 20.2 Å². The minimum Gasteiger partial charge on any atom is -0.466 e. The van der Waals surface area contributed by atoms with Gasteiger partial charge in [-0.3, -0.25) is 4.79 Å². The molecule has 0 radical (unpaired) electrons. The van der Waals surface area contributed by atoms with Crippen LogP contribution in [0.15, 0.2) is 15.2 Å². The highest BCUT2D eigenvalue weighted by molar-refractivity contribution is 8.01. The van der Waals surface area contributed by atoms with Gasteiger partial charge < -0.3 is 9.72 Å². The Kier molecular flexibility index (Phi) is 4.77. The zero-order chi connectivity index (χ0) is 14.7. The molecule has 1 atom stereocenters. The summed E-state index contributed by atoms with van der Waals surface area (Å²) in [4.78, 5) is 18.5. The van der Waals surface area contributed by atoms with Gasteiger partial charge in [0.2, 0.25) is 0 Å². The molecule has 0 unspecified atom stereocenters. The van der Waals surface area contributed by atoms with E-state index in [4.69, 9.17) is 4.74 Å². The van der Waals surface area contributed by atoms with Gasteiger partial charge in [-0.2, -0.15) is 0 Å². The van der Waals surface area contributed by atoms with Crippen LogP contribution in [-0.2, 0) is 0 Å². The number of hydrogen-bond donors (Lipinski definition) is 1. The molecule has 2 aromatic rings. The molecule has 0 saturated heterocycles. The summed E-state index contributed by atoms with van der Waals surface area (Å²) in [5, 5.41) is 8.58. The number of H-pyrrole nitrogens is 1. The first-order valence-electron chi connectivity index (χ1n) is 6.18. The molecule has 8 heteroatoms. The van der Waals surface area contributed by atoms with Crippen LogP contribution in [0.2, 0.25) is 0 Å². The lowest BCUT2D eigenvalue weighted by Crippen LogP contribution is -2.12. The number of hydrogen-bond acceptors (Lipinski definition) is 7. The molecule has 1 N–H and O–H groups in total. The SMILES string of the molecule is Cc1cc(=O)[nH]c([C@@H](C)Sc2nnc(OC(C)C)s2)n1. The van der Waals surface area contributed by atoms with Crippen LogP contribution in [0, 0.1) is 6.92 Å². The third-order valence-electron chi connectivity index (χ3n) is 2.28. The van der Waals surface area contributed by atoms with Crippen molar-refractivity contribution in [3.05, 3.63) is 27.9 Å². The molecular weight excluding hydrogens is 296 g/mol. The largest absolute Gasteiger partial charge is 0.466 e. The fraction of sp³-hybridized carbons (Fsp3) is 0.500. The third-order valence-corrected chi connectivity index (χ3v) is 4.28. The van der Waals surface area contributed by atoms with Crippen LogP contribution in [0.1, 0.15) is 37.5 Å². The molecule has 108 valence electrons. The predicted molar refractivity (Wildman–Crippen MR) is 79.5 cm³/mol. The van der Waals surface area contributed by atoms with Crippen molar-refractivity contribution in [3.63, 3.8) is 0 Å². The van der Waals surface area contributed by atoms with Gasteiger partial charge in [0.05, 0.1) is 11.4 Å². The van der Waals surface area contributed by atoms with Gasteiger partial charge in [0.25, 0.3) is 10.8 Å². The standard InChI is InChI=1S/C12H16N4O2S2/c1-6(2)18-11-15-16-12(20-11)19-8(4)10-13-7(3)5-9(17)14-10/h5-6,8H,1-4H3,(H,13,14,17)/t8-/m1/s1. The smallest absolute Gasteiger partial charge is 0.295 e. The van der Waals surface area contributed by atoms with E-state index in [0.29, 0.717) is 16.7 Å². The van der Waals surface area contributed by atoms with E-state index in [0.717, 1.165) is 4.34 Å². The monoisotopic (exact) mass is 312 g/mol. The molecule has 0 aliphatic rings. The number of rotatable bonds is 5. The summed E-state index contributed by atoms with van der Waals surface area (Å²) in [6.07, 6.45) is 0.0769. The van der Waals surface area contributed by atoms with Crippen LogP contribution in [0.4, 0.5) is 0 Å². The van der Waals surface area contributed by atoms with Crippen molar-refractivity contribution >= 4 is 23.1 Å². The second kappa shape index (κ2) is 6.36. The molecule has 0 aliphatic carbocycles. The minimum atomic E-state index is -0.138. The number of aromatic nitrogens is 4. The van der Waals surface area contributed by atoms with Crippen molar-refractivity contribution in [2.45, 2.75) is 43.4 Å². The van der Waals surface area contributed by atoms with Crippen molar-refractivity contribution < 1.29 is 4.74 Å². The Hall–Kier alpha value is -1.41. The van der Waals surface area contributed by atoms with E-state index in [1.54, 1.807) is 6.92 Å². The maximum atomic E-state index is 11.4. The van der Waals surface area contributed by atoms with Gasteiger partial charge in [-0.15, -0.1) is 5.10 Å². The van der Waals surface area contributed by atoms with Crippen LogP contribution in [-0.4, -0.2) is 26.3 Å². The highest BCUT2D eigenvalue weighted by Crippen LogP contribution is 2.36. The van der Waals surface area contributed by atoms with E-state index in [1.807, 2.05) is 20.8 Å². The third kappa shape index (κ3) is 4.04. The molecule has 0 aromatic carbocycles. The Morgan fingerprint density at radius 1 is 1.35 bits per heavy atom. The summed E-state index contributed by atoms with van der Waals surface area (Å²) in [5.74, 6) is 0.640. The second-order valence-electron chi connectivity index (χ2n) is 4.53. The molecule has 0 aliphatic heterocycles. The summed E-state index contributed by atoms with van der Waals surface area (Å²) in [7, 11) is 0. The Morgan fingerprint density at radius 2 is 2.10 bits per heavy atom. The van der Waals surface area contributed by atoms with Crippen LogP contribution in [0.5, 0.6) is 5.19 Å². The second-order valence-corrected chi connectivity index (χ2v) is 7.06. The summed E-state index contributed by atoms with van der Waals surface area (Å²) in [6.45, 7) is 7.65. The molecule has 0 amide bonds. The van der Waals surface area contributed by atoms with Crippen LogP contribution in [0.3, 0.4) is 0 Å². The Labute approximate surface area is 125 Å². The lowest BCUT2D eigenvalue weighted by molar-refractivity contribution is 0.239. The molecule has 20 heavy (non-hydrogen) atoms. The Morgan fingerprint density at radius 3 is 2.75 bits per heavy atom. The normalized spacial score (nSPS) is 12.7. The average Bonchev–Trinajstić information content (AvgIpc) is 2.74. The lowest BCUT2D eigenvalue weighted by Gasteiger charge is -2.08. The van der Waals surface area contributed by atoms with Crippen molar-refractivity contribution in [1.29, 1.82) is 0 Å². The summed E-state index contributed by atoms with van der Waals surface area (Å²) < 4.78 is 6.27. The van der Waals surface area contributed by atoms with E-state index in [9.17, 15) is 4.79 Å². The summed E-state index contributed by atoms with van der Waals surface area (Å²) in [5.41, 5.74) is 0.568. The van der Waals surface area contributed by atoms with Crippen LogP contribution >= 0.6 is 23.1 Å². The van der Waals surface area contributed by atoms with Crippen LogP contribution in [0.25, 0.3) is 0 Å². The van der Waals surface area contributed by atoms with Gasteiger partial charge in [-0.1, -0.05) is 16.9 Å². The number of aromatic amines is 1. The van der Waals surface area contributed by atoms with E-state index in [2.05, 4.69) is 20.2 Å². The molecule has 2 heterocycles. The molecule has 0 saturated carbocycles. The zero-order valence-electron chi connectivity index (χ0n) is 11.7. The first-order valence-corrected chi connectivity index (χ1v) is 7.88. The van der Waals surface area contributed by atoms with Crippen molar-refractivity contribution in [3.8, 4) is 5.19 Å². The molecule has 2 rings (SSSR count). The zero-order valence-corrected chi connectivity index (χ0v) is 13.3. The Bertz CT molecular complexity index is 638. The van der Waals surface area contributed by atoms with E-state index in [-0.39, 0.29) is 16.9 Å².